The molecule has 0 aliphatic carbocycles. The minimum absolute atomic E-state index is 0.0264. The molecule has 1 heterocycles. The van der Waals surface area contributed by atoms with E-state index < -0.39 is 24.4 Å². The van der Waals surface area contributed by atoms with Crippen LogP contribution >= 0.6 is 0 Å². The van der Waals surface area contributed by atoms with Gasteiger partial charge in [0.05, 0.1) is 12.7 Å². The van der Waals surface area contributed by atoms with E-state index in [1.54, 1.807) is 0 Å². The molecule has 0 spiro atoms. The summed E-state index contributed by atoms with van der Waals surface area (Å²) in [5.74, 6) is -0.0264. The molecule has 0 bridgehead atoms. The lowest BCUT2D eigenvalue weighted by atomic mass is 9.95. The number of Topliss-reactive ketones (excluding diaryl/α,β-unsaturated/α-hetero) is 1. The smallest absolute Gasteiger partial charge is 0.135 e. The third-order valence-electron chi connectivity index (χ3n) is 3.57. The maximum absolute atomic E-state index is 11.9. The fourth-order valence-electron chi connectivity index (χ4n) is 2.30. The summed E-state index contributed by atoms with van der Waals surface area (Å²) < 4.78 is 5.21. The van der Waals surface area contributed by atoms with E-state index in [4.69, 9.17) is 4.74 Å². The Kier molecular flexibility index (Phi) is 5.25. The topological polar surface area (TPSA) is 87.0 Å². The second-order valence-corrected chi connectivity index (χ2v) is 5.15. The van der Waals surface area contributed by atoms with Gasteiger partial charge in [0.1, 0.15) is 24.1 Å². The van der Waals surface area contributed by atoms with E-state index in [-0.39, 0.29) is 18.8 Å². The Labute approximate surface area is 117 Å². The molecule has 2 rings (SSSR count). The van der Waals surface area contributed by atoms with E-state index in [0.717, 1.165) is 5.56 Å². The second kappa shape index (κ2) is 6.95. The van der Waals surface area contributed by atoms with E-state index in [1.165, 1.54) is 0 Å². The molecule has 20 heavy (non-hydrogen) atoms. The lowest BCUT2D eigenvalue weighted by Gasteiger charge is -2.34. The molecule has 5 nitrogen and oxygen atoms in total. The summed E-state index contributed by atoms with van der Waals surface area (Å²) in [6.45, 7) is -0.0607. The van der Waals surface area contributed by atoms with Gasteiger partial charge < -0.3 is 20.1 Å². The summed E-state index contributed by atoms with van der Waals surface area (Å²) in [7, 11) is 0. The standard InChI is InChI=1S/C15H20O5/c16-11(7-6-10-4-2-1-3-5-10)8-13-15(19)14(18)12(17)9-20-13/h1-5,12-15,17-19H,6-9H2/t12-,13?,14+,15+/m1/s1. The Morgan fingerprint density at radius 3 is 2.55 bits per heavy atom. The maximum atomic E-state index is 11.9. The molecule has 1 unspecified atom stereocenters. The van der Waals surface area contributed by atoms with Crippen molar-refractivity contribution in [2.75, 3.05) is 6.61 Å². The molecule has 3 N–H and O–H groups in total. The Morgan fingerprint density at radius 2 is 1.85 bits per heavy atom. The number of aryl methyl sites for hydroxylation is 1. The molecule has 0 radical (unpaired) electrons. The van der Waals surface area contributed by atoms with Gasteiger partial charge in [-0.15, -0.1) is 0 Å². The number of ether oxygens (including phenoxy) is 1. The summed E-state index contributed by atoms with van der Waals surface area (Å²) in [4.78, 5) is 11.9. The van der Waals surface area contributed by atoms with E-state index in [9.17, 15) is 20.1 Å². The van der Waals surface area contributed by atoms with E-state index in [2.05, 4.69) is 0 Å². The zero-order valence-corrected chi connectivity index (χ0v) is 11.2. The predicted octanol–water partition coefficient (Wildman–Crippen LogP) is 0.0599. The van der Waals surface area contributed by atoms with Crippen molar-refractivity contribution in [2.45, 2.75) is 43.7 Å². The number of ketones is 1. The number of aliphatic hydroxyl groups excluding tert-OH is 3. The average molecular weight is 280 g/mol. The first-order chi connectivity index (χ1) is 9.58. The predicted molar refractivity (Wildman–Crippen MR) is 72.1 cm³/mol. The van der Waals surface area contributed by atoms with Crippen molar-refractivity contribution in [3.8, 4) is 0 Å². The lowest BCUT2D eigenvalue weighted by molar-refractivity contribution is -0.189. The number of aliphatic hydroxyl groups is 3. The van der Waals surface area contributed by atoms with Crippen LogP contribution in [-0.2, 0) is 16.0 Å². The highest BCUT2D eigenvalue weighted by atomic mass is 16.5. The van der Waals surface area contributed by atoms with Crippen LogP contribution < -0.4 is 0 Å². The SMILES string of the molecule is O=C(CCc1ccccc1)CC1OC[C@@H](O)[C@H](O)[C@H]1O. The largest absolute Gasteiger partial charge is 0.388 e. The fourth-order valence-corrected chi connectivity index (χ4v) is 2.30. The molecule has 1 fully saturated rings. The van der Waals surface area contributed by atoms with Crippen molar-refractivity contribution in [1.82, 2.24) is 0 Å². The van der Waals surface area contributed by atoms with Gasteiger partial charge in [-0.05, 0) is 12.0 Å². The minimum Gasteiger partial charge on any atom is -0.388 e. The van der Waals surface area contributed by atoms with Gasteiger partial charge in [0.2, 0.25) is 0 Å². The number of carbonyl (C=O) groups excluding carboxylic acids is 1. The fraction of sp³-hybridized carbons (Fsp3) is 0.533. The van der Waals surface area contributed by atoms with Gasteiger partial charge >= 0.3 is 0 Å². The minimum atomic E-state index is -1.25. The number of benzene rings is 1. The van der Waals surface area contributed by atoms with Crippen LogP contribution in [0.3, 0.4) is 0 Å². The summed E-state index contributed by atoms with van der Waals surface area (Å²) in [6, 6.07) is 9.68. The molecule has 5 heteroatoms. The Hall–Kier alpha value is -1.27. The first-order valence-corrected chi connectivity index (χ1v) is 6.79. The number of carbonyl (C=O) groups is 1. The van der Waals surface area contributed by atoms with Crippen LogP contribution in [0.1, 0.15) is 18.4 Å². The Morgan fingerprint density at radius 1 is 1.15 bits per heavy atom. The second-order valence-electron chi connectivity index (χ2n) is 5.15. The summed E-state index contributed by atoms with van der Waals surface area (Å²) in [5.41, 5.74) is 1.08. The van der Waals surface area contributed by atoms with Crippen LogP contribution in [0, 0.1) is 0 Å². The van der Waals surface area contributed by atoms with E-state index in [1.807, 2.05) is 30.3 Å². The Bertz CT molecular complexity index is 433. The van der Waals surface area contributed by atoms with Crippen molar-refractivity contribution < 1.29 is 24.9 Å². The van der Waals surface area contributed by atoms with Crippen molar-refractivity contribution in [3.05, 3.63) is 35.9 Å². The first-order valence-electron chi connectivity index (χ1n) is 6.79. The molecule has 1 aliphatic heterocycles. The Balaban J connectivity index is 1.80. The van der Waals surface area contributed by atoms with Gasteiger partial charge in [0.15, 0.2) is 0 Å². The molecule has 1 aromatic rings. The quantitative estimate of drug-likeness (QED) is 0.710. The van der Waals surface area contributed by atoms with E-state index >= 15 is 0 Å². The van der Waals surface area contributed by atoms with Crippen LogP contribution in [0.5, 0.6) is 0 Å². The first kappa shape index (κ1) is 15.1. The molecule has 110 valence electrons. The normalized spacial score (nSPS) is 30.1. The van der Waals surface area contributed by atoms with Gasteiger partial charge in [-0.1, -0.05) is 30.3 Å². The van der Waals surface area contributed by atoms with Gasteiger partial charge in [0, 0.05) is 12.8 Å². The molecule has 0 amide bonds. The van der Waals surface area contributed by atoms with Crippen LogP contribution in [0.4, 0.5) is 0 Å². The number of hydrogen-bond acceptors (Lipinski definition) is 5. The van der Waals surface area contributed by atoms with Crippen LogP contribution in [0.15, 0.2) is 30.3 Å². The van der Waals surface area contributed by atoms with E-state index in [0.29, 0.717) is 12.8 Å². The highest BCUT2D eigenvalue weighted by Gasteiger charge is 2.38. The monoisotopic (exact) mass is 280 g/mol. The lowest BCUT2D eigenvalue weighted by Crippen LogP contribution is -2.53. The maximum Gasteiger partial charge on any atom is 0.135 e. The molecular formula is C15H20O5. The summed E-state index contributed by atoms with van der Waals surface area (Å²) >= 11 is 0. The molecular weight excluding hydrogens is 260 g/mol. The summed E-state index contributed by atoms with van der Waals surface area (Å²) in [6.07, 6.45) is -3.24. The highest BCUT2D eigenvalue weighted by molar-refractivity contribution is 5.79. The third-order valence-corrected chi connectivity index (χ3v) is 3.57. The molecule has 1 aromatic carbocycles. The number of hydrogen-bond donors (Lipinski definition) is 3. The molecule has 4 atom stereocenters. The molecule has 0 aromatic heterocycles. The zero-order chi connectivity index (χ0) is 14.5. The zero-order valence-electron chi connectivity index (χ0n) is 11.2. The number of rotatable bonds is 5. The molecule has 0 saturated carbocycles. The third kappa shape index (κ3) is 3.86. The van der Waals surface area contributed by atoms with Crippen LogP contribution in [-0.4, -0.2) is 52.1 Å². The van der Waals surface area contributed by atoms with Crippen molar-refractivity contribution in [1.29, 1.82) is 0 Å². The van der Waals surface area contributed by atoms with Gasteiger partial charge in [-0.2, -0.15) is 0 Å². The van der Waals surface area contributed by atoms with Crippen molar-refractivity contribution in [3.63, 3.8) is 0 Å². The van der Waals surface area contributed by atoms with Crippen LogP contribution in [0.2, 0.25) is 0 Å². The highest BCUT2D eigenvalue weighted by Crippen LogP contribution is 2.19. The van der Waals surface area contributed by atoms with Gasteiger partial charge in [-0.3, -0.25) is 4.79 Å². The van der Waals surface area contributed by atoms with Crippen molar-refractivity contribution >= 4 is 5.78 Å². The molecule has 1 aliphatic rings. The van der Waals surface area contributed by atoms with Gasteiger partial charge in [-0.25, -0.2) is 0 Å². The summed E-state index contributed by atoms with van der Waals surface area (Å²) in [5, 5.41) is 28.6. The van der Waals surface area contributed by atoms with Gasteiger partial charge in [0.25, 0.3) is 0 Å². The molecule has 1 saturated heterocycles. The van der Waals surface area contributed by atoms with Crippen molar-refractivity contribution in [2.24, 2.45) is 0 Å². The average Bonchev–Trinajstić information content (AvgIpc) is 2.47. The van der Waals surface area contributed by atoms with Crippen LogP contribution in [0.25, 0.3) is 0 Å².